The van der Waals surface area contributed by atoms with E-state index < -0.39 is 20.9 Å². The minimum Gasteiger partial charge on any atom is -0.442 e. The van der Waals surface area contributed by atoms with Gasteiger partial charge in [0.2, 0.25) is 0 Å². The summed E-state index contributed by atoms with van der Waals surface area (Å²) in [7, 11) is -4.99. The van der Waals surface area contributed by atoms with Crippen LogP contribution in [-0.4, -0.2) is 28.7 Å². The van der Waals surface area contributed by atoms with Gasteiger partial charge in [-0.1, -0.05) is 34.8 Å². The van der Waals surface area contributed by atoms with Gasteiger partial charge in [-0.15, -0.1) is 0 Å². The lowest BCUT2D eigenvalue weighted by Gasteiger charge is -2.10. The summed E-state index contributed by atoms with van der Waals surface area (Å²) in [5.74, 6) is 0. The van der Waals surface area contributed by atoms with E-state index >= 15 is 0 Å². The van der Waals surface area contributed by atoms with Gasteiger partial charge < -0.3 is 4.74 Å². The molecule has 0 saturated carbocycles. The second-order valence-electron chi connectivity index (χ2n) is 2.76. The maximum Gasteiger partial charge on any atom is 0.450 e. The van der Waals surface area contributed by atoms with Crippen LogP contribution in [0.2, 0.25) is 0 Å². The number of carbonyl (C=O) groups is 1. The number of carbonyl (C=O) groups excluding carboxylic acids is 1. The Hall–Kier alpha value is -1.64. The number of hydrogen-bond donors (Lipinski definition) is 2. The number of rotatable bonds is 3. The van der Waals surface area contributed by atoms with Crippen LogP contribution in [0.1, 0.15) is 5.56 Å². The van der Waals surface area contributed by atoms with Crippen molar-refractivity contribution < 1.29 is 27.7 Å². The molecule has 0 aliphatic carbocycles. The molecule has 88 valence electrons. The third-order valence-electron chi connectivity index (χ3n) is 1.58. The monoisotopic (exact) mass is 247 g/mol. The van der Waals surface area contributed by atoms with Crippen LogP contribution in [0.3, 0.4) is 0 Å². The zero-order valence-electron chi connectivity index (χ0n) is 7.98. The highest BCUT2D eigenvalue weighted by Crippen LogP contribution is 2.03. The van der Waals surface area contributed by atoms with Crippen molar-refractivity contribution in [2.45, 2.75) is 6.61 Å². The summed E-state index contributed by atoms with van der Waals surface area (Å²) in [6.07, 6.45) is -1.58. The Balaban J connectivity index is 2.54. The summed E-state index contributed by atoms with van der Waals surface area (Å²) in [4.78, 5) is 10.9. The second kappa shape index (κ2) is 4.92. The van der Waals surface area contributed by atoms with Gasteiger partial charge in [-0.25, -0.2) is 4.79 Å². The van der Waals surface area contributed by atoms with E-state index in [0.29, 0.717) is 5.56 Å². The third kappa shape index (κ3) is 3.50. The highest BCUT2D eigenvalue weighted by Gasteiger charge is 2.24. The van der Waals surface area contributed by atoms with Crippen LogP contribution in [0.25, 0.3) is 0 Å². The molecule has 1 amide bonds. The van der Waals surface area contributed by atoms with Crippen molar-refractivity contribution in [2.75, 3.05) is 0 Å². The van der Waals surface area contributed by atoms with Crippen molar-refractivity contribution in [1.29, 1.82) is 0 Å². The zero-order chi connectivity index (χ0) is 12.2. The summed E-state index contributed by atoms with van der Waals surface area (Å²) in [6.45, 7) is -0.216. The molecule has 0 bridgehead atoms. The molecule has 7 nitrogen and oxygen atoms in total. The van der Waals surface area contributed by atoms with E-state index in [1.807, 2.05) is 0 Å². The lowest BCUT2D eigenvalue weighted by atomic mass is 10.2. The van der Waals surface area contributed by atoms with Crippen molar-refractivity contribution in [3.8, 4) is 0 Å². The minimum atomic E-state index is -4.99. The van der Waals surface area contributed by atoms with Crippen LogP contribution < -0.4 is 0 Å². The Labute approximate surface area is 91.7 Å². The molecule has 16 heavy (non-hydrogen) atoms. The topological polar surface area (TPSA) is 104 Å². The van der Waals surface area contributed by atoms with E-state index in [1.54, 1.807) is 30.3 Å². The molecule has 0 aromatic heterocycles. The number of amides is 1. The predicted octanol–water partition coefficient (Wildman–Crippen LogP) is 0.817. The normalized spacial score (nSPS) is 10.9. The second-order valence-corrected chi connectivity index (χ2v) is 4.00. The van der Waals surface area contributed by atoms with Gasteiger partial charge in [0, 0.05) is 0 Å². The van der Waals surface area contributed by atoms with Crippen LogP contribution in [0.4, 0.5) is 4.79 Å². The standard InChI is InChI=1S/C8H9NO6S/c10-8(9(11)16(12,13)14)15-6-7-4-2-1-3-5-7/h1-5,11H,6H2,(H,12,13,14). The molecule has 0 fully saturated rings. The third-order valence-corrected chi connectivity index (χ3v) is 2.17. The molecule has 0 radical (unpaired) electrons. The van der Waals surface area contributed by atoms with Crippen molar-refractivity contribution in [2.24, 2.45) is 0 Å². The van der Waals surface area contributed by atoms with Gasteiger partial charge >= 0.3 is 16.4 Å². The first kappa shape index (κ1) is 12.4. The van der Waals surface area contributed by atoms with E-state index in [4.69, 9.17) is 9.76 Å². The van der Waals surface area contributed by atoms with E-state index in [1.165, 1.54) is 0 Å². The molecule has 0 atom stereocenters. The van der Waals surface area contributed by atoms with Gasteiger partial charge in [0.1, 0.15) is 6.61 Å². The maximum atomic E-state index is 10.9. The fourth-order valence-corrected chi connectivity index (χ4v) is 1.11. The Morgan fingerprint density at radius 2 is 1.88 bits per heavy atom. The number of ether oxygens (including phenoxy) is 1. The summed E-state index contributed by atoms with van der Waals surface area (Å²) in [5, 5.41) is 8.65. The summed E-state index contributed by atoms with van der Waals surface area (Å²) < 4.78 is 32.5. The molecule has 1 aromatic rings. The zero-order valence-corrected chi connectivity index (χ0v) is 8.79. The van der Waals surface area contributed by atoms with Crippen LogP contribution in [0, 0.1) is 0 Å². The van der Waals surface area contributed by atoms with E-state index in [-0.39, 0.29) is 6.61 Å². The predicted molar refractivity (Wildman–Crippen MR) is 51.8 cm³/mol. The van der Waals surface area contributed by atoms with Crippen LogP contribution in [0.15, 0.2) is 30.3 Å². The molecule has 8 heteroatoms. The molecular formula is C8H9NO6S. The fraction of sp³-hybridized carbons (Fsp3) is 0.125. The first-order valence-electron chi connectivity index (χ1n) is 4.08. The van der Waals surface area contributed by atoms with Crippen molar-refractivity contribution >= 4 is 16.4 Å². The fourth-order valence-electron chi connectivity index (χ4n) is 0.869. The van der Waals surface area contributed by atoms with Crippen molar-refractivity contribution in [3.05, 3.63) is 35.9 Å². The molecule has 0 unspecified atom stereocenters. The summed E-state index contributed by atoms with van der Waals surface area (Å²) in [5.41, 5.74) is 0.611. The quantitative estimate of drug-likeness (QED) is 0.465. The van der Waals surface area contributed by atoms with E-state index in [2.05, 4.69) is 4.74 Å². The number of nitrogens with zero attached hydrogens (tertiary/aromatic N) is 1. The van der Waals surface area contributed by atoms with E-state index in [9.17, 15) is 13.2 Å². The lowest BCUT2D eigenvalue weighted by Crippen LogP contribution is -2.33. The number of benzene rings is 1. The molecule has 0 saturated heterocycles. The first-order chi connectivity index (χ1) is 7.41. The van der Waals surface area contributed by atoms with Gasteiger partial charge in [-0.05, 0) is 5.56 Å². The highest BCUT2D eigenvalue weighted by molar-refractivity contribution is 7.83. The Bertz CT molecular complexity index is 457. The lowest BCUT2D eigenvalue weighted by molar-refractivity contribution is -0.0120. The molecular weight excluding hydrogens is 238 g/mol. The van der Waals surface area contributed by atoms with Gasteiger partial charge in [0.05, 0.1) is 0 Å². The van der Waals surface area contributed by atoms with Crippen LogP contribution in [-0.2, 0) is 21.6 Å². The molecule has 2 N–H and O–H groups in total. The molecule has 0 aliphatic heterocycles. The maximum absolute atomic E-state index is 10.9. The van der Waals surface area contributed by atoms with Gasteiger partial charge in [-0.2, -0.15) is 8.42 Å². The Kier molecular flexibility index (Phi) is 3.82. The molecule has 1 rings (SSSR count). The largest absolute Gasteiger partial charge is 0.450 e. The molecule has 1 aromatic carbocycles. The van der Waals surface area contributed by atoms with Crippen LogP contribution in [0.5, 0.6) is 0 Å². The summed E-state index contributed by atoms with van der Waals surface area (Å²) >= 11 is 0. The average Bonchev–Trinajstić information content (AvgIpc) is 2.25. The molecule has 0 heterocycles. The number of hydrogen-bond acceptors (Lipinski definition) is 5. The SMILES string of the molecule is O=C(OCc1ccccc1)N(O)S(=O)(=O)O. The highest BCUT2D eigenvalue weighted by atomic mass is 32.2. The van der Waals surface area contributed by atoms with E-state index in [0.717, 1.165) is 0 Å². The van der Waals surface area contributed by atoms with Crippen molar-refractivity contribution in [1.82, 2.24) is 4.47 Å². The van der Waals surface area contributed by atoms with Gasteiger partial charge in [0.25, 0.3) is 0 Å². The smallest absolute Gasteiger partial charge is 0.442 e. The molecule has 0 spiro atoms. The van der Waals surface area contributed by atoms with Gasteiger partial charge in [-0.3, -0.25) is 9.76 Å². The average molecular weight is 247 g/mol. The number of hydroxylamine groups is 1. The Morgan fingerprint density at radius 1 is 1.31 bits per heavy atom. The minimum absolute atomic E-state index is 0.216. The van der Waals surface area contributed by atoms with Crippen molar-refractivity contribution in [3.63, 3.8) is 0 Å². The molecule has 0 aliphatic rings. The van der Waals surface area contributed by atoms with Crippen LogP contribution >= 0.6 is 0 Å². The summed E-state index contributed by atoms with van der Waals surface area (Å²) in [6, 6.07) is 8.43. The Morgan fingerprint density at radius 3 is 2.38 bits per heavy atom. The first-order valence-corrected chi connectivity index (χ1v) is 5.48. The van der Waals surface area contributed by atoms with Gasteiger partial charge in [0.15, 0.2) is 0 Å².